The zero-order valence-corrected chi connectivity index (χ0v) is 13.6. The van der Waals surface area contributed by atoms with Gasteiger partial charge in [0, 0.05) is 22.2 Å². The van der Waals surface area contributed by atoms with Gasteiger partial charge in [0.25, 0.3) is 0 Å². The predicted octanol–water partition coefficient (Wildman–Crippen LogP) is 3.62. The minimum absolute atomic E-state index is 0.410. The Morgan fingerprint density at radius 3 is 2.38 bits per heavy atom. The van der Waals surface area contributed by atoms with E-state index in [1.54, 1.807) is 11.8 Å². The first kappa shape index (κ1) is 14.4. The van der Waals surface area contributed by atoms with Crippen molar-refractivity contribution in [3.8, 4) is 0 Å². The average Bonchev–Trinajstić information content (AvgIpc) is 2.88. The topological polar surface area (TPSA) is 38.0 Å². The van der Waals surface area contributed by atoms with E-state index in [-0.39, 0.29) is 0 Å². The Balaban J connectivity index is 1.85. The number of anilines is 1. The van der Waals surface area contributed by atoms with Gasteiger partial charge < -0.3 is 11.1 Å². The highest BCUT2D eigenvalue weighted by atomic mass is 32.2. The fourth-order valence-electron chi connectivity index (χ4n) is 2.96. The third-order valence-electron chi connectivity index (χ3n) is 3.90. The second kappa shape index (κ2) is 6.08. The van der Waals surface area contributed by atoms with Gasteiger partial charge in [-0.1, -0.05) is 42.5 Å². The number of thioether (sulfide) groups is 1. The Bertz CT molecular complexity index is 657. The van der Waals surface area contributed by atoms with Crippen LogP contribution in [0.5, 0.6) is 0 Å². The number of nitrogens with one attached hydrogen (secondary N) is 1. The van der Waals surface area contributed by atoms with E-state index in [0.29, 0.717) is 11.0 Å². The first-order valence-electron chi connectivity index (χ1n) is 6.99. The summed E-state index contributed by atoms with van der Waals surface area (Å²) >= 11 is 6.91. The SMILES string of the molecule is CSc1cccc(NC2Cc3ccccc3C2)c1C(N)=S. The Morgan fingerprint density at radius 2 is 1.81 bits per heavy atom. The van der Waals surface area contributed by atoms with Crippen molar-refractivity contribution in [3.05, 3.63) is 59.2 Å². The lowest BCUT2D eigenvalue weighted by molar-refractivity contribution is 0.773. The van der Waals surface area contributed by atoms with E-state index in [1.165, 1.54) is 11.1 Å². The number of fused-ring (bicyclic) bond motifs is 1. The molecule has 0 spiro atoms. The van der Waals surface area contributed by atoms with E-state index < -0.39 is 0 Å². The minimum atomic E-state index is 0.410. The van der Waals surface area contributed by atoms with E-state index >= 15 is 0 Å². The van der Waals surface area contributed by atoms with Gasteiger partial charge in [-0.15, -0.1) is 11.8 Å². The van der Waals surface area contributed by atoms with Gasteiger partial charge in [-0.2, -0.15) is 0 Å². The summed E-state index contributed by atoms with van der Waals surface area (Å²) in [7, 11) is 0. The Kier molecular flexibility index (Phi) is 4.17. The summed E-state index contributed by atoms with van der Waals surface area (Å²) in [5, 5.41) is 3.63. The number of thiocarbonyl (C=S) groups is 1. The van der Waals surface area contributed by atoms with Crippen LogP contribution in [-0.4, -0.2) is 17.3 Å². The van der Waals surface area contributed by atoms with E-state index in [0.717, 1.165) is 29.0 Å². The lowest BCUT2D eigenvalue weighted by Gasteiger charge is -2.18. The summed E-state index contributed by atoms with van der Waals surface area (Å²) in [5.41, 5.74) is 10.8. The van der Waals surface area contributed by atoms with E-state index in [1.807, 2.05) is 6.26 Å². The molecule has 1 aliphatic carbocycles. The van der Waals surface area contributed by atoms with Crippen molar-refractivity contribution in [2.45, 2.75) is 23.8 Å². The molecule has 4 heteroatoms. The van der Waals surface area contributed by atoms with Gasteiger partial charge in [-0.25, -0.2) is 0 Å². The van der Waals surface area contributed by atoms with Gasteiger partial charge in [0.15, 0.2) is 0 Å². The molecule has 2 aromatic rings. The third kappa shape index (κ3) is 2.92. The highest BCUT2D eigenvalue weighted by Crippen LogP contribution is 2.30. The Labute approximate surface area is 135 Å². The van der Waals surface area contributed by atoms with Crippen LogP contribution in [0.25, 0.3) is 0 Å². The van der Waals surface area contributed by atoms with Crippen molar-refractivity contribution in [3.63, 3.8) is 0 Å². The summed E-state index contributed by atoms with van der Waals surface area (Å²) in [6, 6.07) is 15.2. The molecule has 0 aromatic heterocycles. The van der Waals surface area contributed by atoms with Crippen molar-refractivity contribution in [2.24, 2.45) is 5.73 Å². The summed E-state index contributed by atoms with van der Waals surface area (Å²) in [6.45, 7) is 0. The molecule has 0 unspecified atom stereocenters. The van der Waals surface area contributed by atoms with Crippen LogP contribution in [0, 0.1) is 0 Å². The number of nitrogens with two attached hydrogens (primary N) is 1. The van der Waals surface area contributed by atoms with Crippen LogP contribution in [0.3, 0.4) is 0 Å². The first-order chi connectivity index (χ1) is 10.2. The second-order valence-electron chi connectivity index (χ2n) is 5.27. The van der Waals surface area contributed by atoms with Gasteiger partial charge in [-0.3, -0.25) is 0 Å². The van der Waals surface area contributed by atoms with Crippen LogP contribution in [0.2, 0.25) is 0 Å². The van der Waals surface area contributed by atoms with Crippen molar-refractivity contribution in [1.29, 1.82) is 0 Å². The lowest BCUT2D eigenvalue weighted by Crippen LogP contribution is -2.23. The van der Waals surface area contributed by atoms with Crippen molar-refractivity contribution in [2.75, 3.05) is 11.6 Å². The van der Waals surface area contributed by atoms with Crippen molar-refractivity contribution in [1.82, 2.24) is 0 Å². The van der Waals surface area contributed by atoms with Crippen LogP contribution in [-0.2, 0) is 12.8 Å². The molecule has 0 atom stereocenters. The molecule has 0 bridgehead atoms. The number of benzene rings is 2. The van der Waals surface area contributed by atoms with E-state index in [9.17, 15) is 0 Å². The average molecular weight is 314 g/mol. The minimum Gasteiger partial charge on any atom is -0.389 e. The molecule has 21 heavy (non-hydrogen) atoms. The standard InChI is InChI=1S/C17H18N2S2/c1-21-15-8-4-7-14(16(15)17(18)20)19-13-9-11-5-2-3-6-12(11)10-13/h2-8,13,19H,9-10H2,1H3,(H2,18,20). The van der Waals surface area contributed by atoms with Gasteiger partial charge in [0.1, 0.15) is 4.99 Å². The van der Waals surface area contributed by atoms with Gasteiger partial charge in [0.05, 0.1) is 0 Å². The summed E-state index contributed by atoms with van der Waals surface area (Å²) < 4.78 is 0. The van der Waals surface area contributed by atoms with Crippen molar-refractivity contribution >= 4 is 34.7 Å². The number of rotatable bonds is 4. The molecule has 1 aliphatic rings. The summed E-state index contributed by atoms with van der Waals surface area (Å²) in [4.78, 5) is 1.58. The van der Waals surface area contributed by atoms with E-state index in [2.05, 4.69) is 47.8 Å². The largest absolute Gasteiger partial charge is 0.389 e. The molecule has 2 nitrogen and oxygen atoms in total. The molecule has 0 saturated carbocycles. The maximum atomic E-state index is 5.93. The molecule has 3 rings (SSSR count). The highest BCUT2D eigenvalue weighted by Gasteiger charge is 2.22. The number of hydrogen-bond acceptors (Lipinski definition) is 3. The summed E-state index contributed by atoms with van der Waals surface area (Å²) in [5.74, 6) is 0. The monoisotopic (exact) mass is 314 g/mol. The van der Waals surface area contributed by atoms with Crippen LogP contribution >= 0.6 is 24.0 Å². The maximum Gasteiger partial charge on any atom is 0.107 e. The van der Waals surface area contributed by atoms with Crippen LogP contribution in [0.1, 0.15) is 16.7 Å². The molecular weight excluding hydrogens is 296 g/mol. The number of hydrogen-bond donors (Lipinski definition) is 2. The fraction of sp³-hybridized carbons (Fsp3) is 0.235. The Morgan fingerprint density at radius 1 is 1.14 bits per heavy atom. The third-order valence-corrected chi connectivity index (χ3v) is 4.89. The second-order valence-corrected chi connectivity index (χ2v) is 6.55. The fourth-order valence-corrected chi connectivity index (χ4v) is 3.88. The molecule has 2 aromatic carbocycles. The van der Waals surface area contributed by atoms with E-state index in [4.69, 9.17) is 18.0 Å². The zero-order chi connectivity index (χ0) is 14.8. The van der Waals surface area contributed by atoms with Gasteiger partial charge in [-0.05, 0) is 42.4 Å². The highest BCUT2D eigenvalue weighted by molar-refractivity contribution is 7.98. The van der Waals surface area contributed by atoms with Crippen LogP contribution in [0.4, 0.5) is 5.69 Å². The Hall–Kier alpha value is -1.52. The smallest absolute Gasteiger partial charge is 0.107 e. The maximum absolute atomic E-state index is 5.93. The zero-order valence-electron chi connectivity index (χ0n) is 11.9. The molecule has 0 fully saturated rings. The molecule has 0 heterocycles. The molecule has 0 aliphatic heterocycles. The van der Waals surface area contributed by atoms with Crippen LogP contribution in [0.15, 0.2) is 47.4 Å². The molecule has 0 saturated heterocycles. The van der Waals surface area contributed by atoms with Gasteiger partial charge in [0.2, 0.25) is 0 Å². The van der Waals surface area contributed by atoms with Crippen LogP contribution < -0.4 is 11.1 Å². The molecule has 3 N–H and O–H groups in total. The summed E-state index contributed by atoms with van der Waals surface area (Å²) in [6.07, 6.45) is 4.15. The predicted molar refractivity (Wildman–Crippen MR) is 95.4 cm³/mol. The molecular formula is C17H18N2S2. The lowest BCUT2D eigenvalue weighted by atomic mass is 10.1. The normalized spacial score (nSPS) is 14.0. The molecule has 0 amide bonds. The quantitative estimate of drug-likeness (QED) is 0.668. The van der Waals surface area contributed by atoms with Gasteiger partial charge >= 0.3 is 0 Å². The molecule has 0 radical (unpaired) electrons. The van der Waals surface area contributed by atoms with Crippen molar-refractivity contribution < 1.29 is 0 Å². The first-order valence-corrected chi connectivity index (χ1v) is 8.62. The molecule has 108 valence electrons.